The second-order valence-electron chi connectivity index (χ2n) is 8.27. The number of aryl methyl sites for hydroxylation is 3. The number of furan rings is 1. The van der Waals surface area contributed by atoms with E-state index in [-0.39, 0.29) is 36.0 Å². The van der Waals surface area contributed by atoms with Crippen molar-refractivity contribution in [2.45, 2.75) is 27.3 Å². The molecule has 0 aliphatic carbocycles. The number of primary amides is 1. The number of hydrogen-bond acceptors (Lipinski definition) is 5. The zero-order valence-corrected chi connectivity index (χ0v) is 18.8. The summed E-state index contributed by atoms with van der Waals surface area (Å²) in [5, 5.41) is 3.65. The molecule has 0 unspecified atom stereocenters. The van der Waals surface area contributed by atoms with Gasteiger partial charge in [-0.15, -0.1) is 0 Å². The summed E-state index contributed by atoms with van der Waals surface area (Å²) < 4.78 is 5.91. The number of benzene rings is 2. The fourth-order valence-corrected chi connectivity index (χ4v) is 4.05. The summed E-state index contributed by atoms with van der Waals surface area (Å²) in [5.74, 6) is -1.39. The molecule has 9 heteroatoms. The Labute approximate surface area is 190 Å². The molecule has 1 aliphatic rings. The normalized spacial score (nSPS) is 13.8. The zero-order chi connectivity index (χ0) is 24.0. The highest BCUT2D eigenvalue weighted by molar-refractivity contribution is 6.08. The van der Waals surface area contributed by atoms with E-state index in [1.54, 1.807) is 6.07 Å². The molecule has 4 rings (SSSR count). The van der Waals surface area contributed by atoms with Gasteiger partial charge < -0.3 is 20.4 Å². The van der Waals surface area contributed by atoms with Gasteiger partial charge in [0, 0.05) is 29.2 Å². The van der Waals surface area contributed by atoms with Crippen LogP contribution in [-0.2, 0) is 11.3 Å². The second-order valence-corrected chi connectivity index (χ2v) is 8.27. The SMILES string of the molecule is Cc1ccc(C)c2c(C)c(C(=O)Nc3cc(C(N)=O)ccc3CN3C(=O)CN(C)C3=O)oc12. The number of amides is 5. The van der Waals surface area contributed by atoms with Crippen LogP contribution in [0.2, 0.25) is 0 Å². The zero-order valence-electron chi connectivity index (χ0n) is 18.8. The van der Waals surface area contributed by atoms with Crippen molar-refractivity contribution >= 4 is 40.4 Å². The summed E-state index contributed by atoms with van der Waals surface area (Å²) in [6.45, 7) is 5.58. The first kappa shape index (κ1) is 22.1. The van der Waals surface area contributed by atoms with Crippen molar-refractivity contribution in [3.63, 3.8) is 0 Å². The van der Waals surface area contributed by atoms with E-state index in [4.69, 9.17) is 10.2 Å². The summed E-state index contributed by atoms with van der Waals surface area (Å²) >= 11 is 0. The van der Waals surface area contributed by atoms with Crippen LogP contribution in [0.5, 0.6) is 0 Å². The van der Waals surface area contributed by atoms with E-state index >= 15 is 0 Å². The minimum atomic E-state index is -0.670. The number of fused-ring (bicyclic) bond motifs is 1. The Bertz CT molecular complexity index is 1340. The quantitative estimate of drug-likeness (QED) is 0.580. The molecule has 1 saturated heterocycles. The van der Waals surface area contributed by atoms with E-state index in [1.165, 1.54) is 24.1 Å². The Kier molecular flexibility index (Phi) is 5.41. The highest BCUT2D eigenvalue weighted by Crippen LogP contribution is 2.31. The number of hydrogen-bond donors (Lipinski definition) is 2. The van der Waals surface area contributed by atoms with E-state index in [0.29, 0.717) is 16.7 Å². The standard InChI is InChI=1S/C24H24N4O5/c1-12-5-6-13(2)20-19(12)14(3)21(33-20)23(31)26-17-9-15(22(25)30)7-8-16(17)10-28-18(29)11-27(4)24(28)32/h5-9H,10-11H2,1-4H3,(H2,25,30)(H,26,31). The maximum Gasteiger partial charge on any atom is 0.327 e. The maximum absolute atomic E-state index is 13.2. The lowest BCUT2D eigenvalue weighted by atomic mass is 10.0. The van der Waals surface area contributed by atoms with Crippen molar-refractivity contribution in [2.24, 2.45) is 5.73 Å². The Hall–Kier alpha value is -4.14. The third-order valence-corrected chi connectivity index (χ3v) is 5.89. The van der Waals surface area contributed by atoms with Crippen LogP contribution in [0.25, 0.3) is 11.0 Å². The van der Waals surface area contributed by atoms with Gasteiger partial charge in [-0.3, -0.25) is 19.3 Å². The third-order valence-electron chi connectivity index (χ3n) is 5.89. The van der Waals surface area contributed by atoms with Gasteiger partial charge >= 0.3 is 6.03 Å². The molecular weight excluding hydrogens is 424 g/mol. The van der Waals surface area contributed by atoms with Crippen molar-refractivity contribution in [3.05, 3.63) is 63.9 Å². The number of imide groups is 1. The number of nitrogens with one attached hydrogen (secondary N) is 1. The number of urea groups is 1. The predicted molar refractivity (Wildman–Crippen MR) is 122 cm³/mol. The van der Waals surface area contributed by atoms with E-state index in [9.17, 15) is 19.2 Å². The lowest BCUT2D eigenvalue weighted by Gasteiger charge is -2.17. The molecule has 0 spiro atoms. The minimum absolute atomic E-state index is 0.0171. The Morgan fingerprint density at radius 3 is 2.39 bits per heavy atom. The van der Waals surface area contributed by atoms with Crippen LogP contribution in [0.15, 0.2) is 34.7 Å². The average Bonchev–Trinajstić information content (AvgIpc) is 3.24. The first-order valence-corrected chi connectivity index (χ1v) is 10.4. The summed E-state index contributed by atoms with van der Waals surface area (Å²) in [5.41, 5.74) is 9.57. The molecule has 2 heterocycles. The monoisotopic (exact) mass is 448 g/mol. The lowest BCUT2D eigenvalue weighted by molar-refractivity contribution is -0.125. The number of carbonyl (C=O) groups excluding carboxylic acids is 4. The van der Waals surface area contributed by atoms with Gasteiger partial charge in [-0.05, 0) is 49.6 Å². The summed E-state index contributed by atoms with van der Waals surface area (Å²) in [7, 11) is 1.54. The van der Waals surface area contributed by atoms with Crippen LogP contribution in [0.3, 0.4) is 0 Å². The maximum atomic E-state index is 13.2. The molecule has 170 valence electrons. The lowest BCUT2D eigenvalue weighted by Crippen LogP contribution is -2.31. The highest BCUT2D eigenvalue weighted by Gasteiger charge is 2.34. The Balaban J connectivity index is 1.72. The minimum Gasteiger partial charge on any atom is -0.450 e. The largest absolute Gasteiger partial charge is 0.450 e. The molecule has 3 aromatic rings. The number of anilines is 1. The fourth-order valence-electron chi connectivity index (χ4n) is 4.05. The first-order valence-electron chi connectivity index (χ1n) is 10.4. The second kappa shape index (κ2) is 8.09. The number of nitrogens with two attached hydrogens (primary N) is 1. The molecule has 1 aliphatic heterocycles. The van der Waals surface area contributed by atoms with E-state index in [1.807, 2.05) is 32.9 Å². The van der Waals surface area contributed by atoms with Crippen LogP contribution in [0.1, 0.15) is 43.2 Å². The van der Waals surface area contributed by atoms with E-state index in [0.717, 1.165) is 21.4 Å². The van der Waals surface area contributed by atoms with Crippen molar-refractivity contribution < 1.29 is 23.6 Å². The van der Waals surface area contributed by atoms with Crippen LogP contribution < -0.4 is 11.1 Å². The average molecular weight is 448 g/mol. The smallest absolute Gasteiger partial charge is 0.327 e. The van der Waals surface area contributed by atoms with Gasteiger partial charge in [0.2, 0.25) is 5.91 Å². The molecule has 0 atom stereocenters. The van der Waals surface area contributed by atoms with Crippen LogP contribution in [0.4, 0.5) is 10.5 Å². The van der Waals surface area contributed by atoms with Gasteiger partial charge in [-0.1, -0.05) is 18.2 Å². The van der Waals surface area contributed by atoms with Gasteiger partial charge in [0.25, 0.3) is 11.8 Å². The predicted octanol–water partition coefficient (Wildman–Crippen LogP) is 3.10. The summed E-state index contributed by atoms with van der Waals surface area (Å²) in [4.78, 5) is 51.9. The molecule has 5 amide bonds. The van der Waals surface area contributed by atoms with Crippen LogP contribution >= 0.6 is 0 Å². The molecular formula is C24H24N4O5. The van der Waals surface area contributed by atoms with Crippen molar-refractivity contribution in [1.82, 2.24) is 9.80 Å². The Morgan fingerprint density at radius 2 is 1.79 bits per heavy atom. The molecule has 0 radical (unpaired) electrons. The van der Waals surface area contributed by atoms with E-state index in [2.05, 4.69) is 5.32 Å². The number of rotatable bonds is 5. The van der Waals surface area contributed by atoms with Gasteiger partial charge in [-0.2, -0.15) is 0 Å². The van der Waals surface area contributed by atoms with Crippen LogP contribution in [0, 0.1) is 20.8 Å². The summed E-state index contributed by atoms with van der Waals surface area (Å²) in [6.07, 6.45) is 0. The first-order chi connectivity index (χ1) is 15.6. The van der Waals surface area contributed by atoms with Gasteiger partial charge in [0.05, 0.1) is 6.54 Å². The molecule has 2 aromatic carbocycles. The highest BCUT2D eigenvalue weighted by atomic mass is 16.3. The molecule has 1 aromatic heterocycles. The Morgan fingerprint density at radius 1 is 1.09 bits per heavy atom. The topological polar surface area (TPSA) is 126 Å². The molecule has 9 nitrogen and oxygen atoms in total. The van der Waals surface area contributed by atoms with Crippen molar-refractivity contribution in [2.75, 3.05) is 18.9 Å². The number of carbonyl (C=O) groups is 4. The molecule has 0 bridgehead atoms. The van der Waals surface area contributed by atoms with Crippen LogP contribution in [-0.4, -0.2) is 47.1 Å². The number of nitrogens with zero attached hydrogens (tertiary/aromatic N) is 2. The third kappa shape index (κ3) is 3.82. The molecule has 33 heavy (non-hydrogen) atoms. The molecule has 1 fully saturated rings. The fraction of sp³-hybridized carbons (Fsp3) is 0.250. The van der Waals surface area contributed by atoms with Crippen molar-refractivity contribution in [3.8, 4) is 0 Å². The molecule has 0 saturated carbocycles. The van der Waals surface area contributed by atoms with Crippen molar-refractivity contribution in [1.29, 1.82) is 0 Å². The van der Waals surface area contributed by atoms with Gasteiger partial charge in [-0.25, -0.2) is 4.79 Å². The van der Waals surface area contributed by atoms with E-state index < -0.39 is 17.8 Å². The molecule has 3 N–H and O–H groups in total. The van der Waals surface area contributed by atoms with Gasteiger partial charge in [0.1, 0.15) is 12.1 Å². The number of likely N-dealkylation sites (N-methyl/N-ethyl adjacent to an activating group) is 1. The van der Waals surface area contributed by atoms with Gasteiger partial charge in [0.15, 0.2) is 5.76 Å². The summed E-state index contributed by atoms with van der Waals surface area (Å²) in [6, 6.07) is 7.94.